The summed E-state index contributed by atoms with van der Waals surface area (Å²) in [6.07, 6.45) is -0.242. The van der Waals surface area contributed by atoms with Crippen LogP contribution >= 0.6 is 15.9 Å². The van der Waals surface area contributed by atoms with E-state index in [1.54, 1.807) is 24.3 Å². The van der Waals surface area contributed by atoms with Crippen LogP contribution in [0.5, 0.6) is 17.2 Å². The maximum Gasteiger partial charge on any atom is 0.251 e. The summed E-state index contributed by atoms with van der Waals surface area (Å²) in [5.41, 5.74) is 0.577. The minimum atomic E-state index is -0.242. The molecule has 7 heteroatoms. The van der Waals surface area contributed by atoms with Crippen molar-refractivity contribution in [2.24, 2.45) is 0 Å². The molecule has 0 aliphatic carbocycles. The number of fused-ring (bicyclic) bond motifs is 1. The fraction of sp³-hybridized carbons (Fsp3) is 0.350. The van der Waals surface area contributed by atoms with Crippen LogP contribution in [0.4, 0.5) is 0 Å². The van der Waals surface area contributed by atoms with Crippen molar-refractivity contribution < 1.29 is 19.0 Å². The number of carbonyl (C=O) groups is 1. The molecule has 3 rings (SSSR count). The Kier molecular flexibility index (Phi) is 6.58. The lowest BCUT2D eigenvalue weighted by Gasteiger charge is -2.27. The molecule has 6 nitrogen and oxygen atoms in total. The van der Waals surface area contributed by atoms with Crippen molar-refractivity contribution in [2.45, 2.75) is 6.10 Å². The molecule has 1 heterocycles. The van der Waals surface area contributed by atoms with E-state index in [0.717, 1.165) is 16.8 Å². The number of para-hydroxylation sites is 1. The van der Waals surface area contributed by atoms with Gasteiger partial charge in [0.2, 0.25) is 0 Å². The SMILES string of the molecule is CN(C)CCOc1ccc(C(=O)NCC2COc3cccc(Br)c3O2)cc1. The molecule has 27 heavy (non-hydrogen) atoms. The predicted octanol–water partition coefficient (Wildman–Crippen LogP) is 2.96. The van der Waals surface area contributed by atoms with Gasteiger partial charge in [-0.15, -0.1) is 0 Å². The number of benzene rings is 2. The van der Waals surface area contributed by atoms with Gasteiger partial charge in [0.05, 0.1) is 11.0 Å². The van der Waals surface area contributed by atoms with Gasteiger partial charge in [-0.2, -0.15) is 0 Å². The smallest absolute Gasteiger partial charge is 0.251 e. The van der Waals surface area contributed by atoms with E-state index in [1.165, 1.54) is 0 Å². The van der Waals surface area contributed by atoms with Gasteiger partial charge in [-0.1, -0.05) is 6.07 Å². The molecular formula is C20H23BrN2O4. The van der Waals surface area contributed by atoms with Gasteiger partial charge in [-0.3, -0.25) is 4.79 Å². The fourth-order valence-corrected chi connectivity index (χ4v) is 3.00. The van der Waals surface area contributed by atoms with Crippen molar-refractivity contribution in [1.29, 1.82) is 0 Å². The van der Waals surface area contributed by atoms with E-state index in [-0.39, 0.29) is 12.0 Å². The zero-order valence-corrected chi connectivity index (χ0v) is 17.0. The molecule has 0 saturated heterocycles. The molecule has 0 saturated carbocycles. The number of carbonyl (C=O) groups excluding carboxylic acids is 1. The second kappa shape index (κ2) is 9.10. The second-order valence-corrected chi connectivity index (χ2v) is 7.36. The van der Waals surface area contributed by atoms with Gasteiger partial charge in [-0.25, -0.2) is 0 Å². The van der Waals surface area contributed by atoms with Crippen LogP contribution in [0.25, 0.3) is 0 Å². The van der Waals surface area contributed by atoms with Crippen LogP contribution in [0, 0.1) is 0 Å². The lowest BCUT2D eigenvalue weighted by atomic mass is 10.2. The van der Waals surface area contributed by atoms with Gasteiger partial charge in [-0.05, 0) is 66.4 Å². The third-order valence-corrected chi connectivity index (χ3v) is 4.68. The number of hydrogen-bond acceptors (Lipinski definition) is 5. The number of likely N-dealkylation sites (N-methyl/N-ethyl adjacent to an activating group) is 1. The monoisotopic (exact) mass is 434 g/mol. The number of rotatable bonds is 7. The zero-order valence-electron chi connectivity index (χ0n) is 15.4. The van der Waals surface area contributed by atoms with E-state index in [0.29, 0.717) is 36.8 Å². The van der Waals surface area contributed by atoms with Gasteiger partial charge >= 0.3 is 0 Å². The Morgan fingerprint density at radius 3 is 2.78 bits per heavy atom. The van der Waals surface area contributed by atoms with Crippen LogP contribution in [-0.4, -0.2) is 57.3 Å². The maximum absolute atomic E-state index is 12.4. The van der Waals surface area contributed by atoms with E-state index in [9.17, 15) is 4.79 Å². The molecule has 1 aliphatic rings. The van der Waals surface area contributed by atoms with E-state index in [1.807, 2.05) is 32.3 Å². The standard InChI is InChI=1S/C20H23BrN2O4/c1-23(2)10-11-25-15-8-6-14(7-9-15)20(24)22-12-16-13-26-18-5-3-4-17(21)19(18)27-16/h3-9,16H,10-13H2,1-2H3,(H,22,24). The molecule has 1 N–H and O–H groups in total. The third kappa shape index (κ3) is 5.37. The molecule has 0 bridgehead atoms. The van der Waals surface area contributed by atoms with Crippen LogP contribution in [0.2, 0.25) is 0 Å². The van der Waals surface area contributed by atoms with Crippen LogP contribution in [0.15, 0.2) is 46.9 Å². The van der Waals surface area contributed by atoms with Gasteiger partial charge in [0, 0.05) is 12.1 Å². The van der Waals surface area contributed by atoms with Gasteiger partial charge in [0.1, 0.15) is 19.0 Å². The first-order valence-electron chi connectivity index (χ1n) is 8.76. The highest BCUT2D eigenvalue weighted by Crippen LogP contribution is 2.38. The maximum atomic E-state index is 12.4. The van der Waals surface area contributed by atoms with Crippen molar-refractivity contribution in [1.82, 2.24) is 10.2 Å². The van der Waals surface area contributed by atoms with Crippen LogP contribution in [-0.2, 0) is 0 Å². The summed E-state index contributed by atoms with van der Waals surface area (Å²) >= 11 is 3.45. The molecule has 0 spiro atoms. The Bertz CT molecular complexity index is 780. The van der Waals surface area contributed by atoms with E-state index >= 15 is 0 Å². The molecule has 0 fully saturated rings. The number of nitrogens with one attached hydrogen (secondary N) is 1. The molecule has 0 aromatic heterocycles. The van der Waals surface area contributed by atoms with Crippen molar-refractivity contribution in [3.8, 4) is 17.2 Å². The highest BCUT2D eigenvalue weighted by molar-refractivity contribution is 9.10. The highest BCUT2D eigenvalue weighted by Gasteiger charge is 2.23. The summed E-state index contributed by atoms with van der Waals surface area (Å²) in [6.45, 7) is 2.20. The topological polar surface area (TPSA) is 60.0 Å². The predicted molar refractivity (Wildman–Crippen MR) is 107 cm³/mol. The summed E-state index contributed by atoms with van der Waals surface area (Å²) in [7, 11) is 3.99. The first-order chi connectivity index (χ1) is 13.0. The van der Waals surface area contributed by atoms with Crippen LogP contribution in [0.1, 0.15) is 10.4 Å². The van der Waals surface area contributed by atoms with Crippen molar-refractivity contribution in [3.63, 3.8) is 0 Å². The van der Waals surface area contributed by atoms with Crippen molar-refractivity contribution >= 4 is 21.8 Å². The summed E-state index contributed by atoms with van der Waals surface area (Å²) in [5, 5.41) is 2.89. The number of ether oxygens (including phenoxy) is 3. The number of amides is 1. The van der Waals surface area contributed by atoms with E-state index in [4.69, 9.17) is 14.2 Å². The number of halogens is 1. The lowest BCUT2D eigenvalue weighted by molar-refractivity contribution is 0.0784. The van der Waals surface area contributed by atoms with Gasteiger partial charge in [0.25, 0.3) is 5.91 Å². The largest absolute Gasteiger partial charge is 0.492 e. The Morgan fingerprint density at radius 2 is 2.04 bits per heavy atom. The third-order valence-electron chi connectivity index (χ3n) is 4.05. The van der Waals surface area contributed by atoms with Gasteiger partial charge < -0.3 is 24.4 Å². The Morgan fingerprint density at radius 1 is 1.26 bits per heavy atom. The Balaban J connectivity index is 1.49. The quantitative estimate of drug-likeness (QED) is 0.725. The van der Waals surface area contributed by atoms with Crippen LogP contribution in [0.3, 0.4) is 0 Å². The first kappa shape index (κ1) is 19.5. The molecule has 0 radical (unpaired) electrons. The normalized spacial score (nSPS) is 15.5. The van der Waals surface area contributed by atoms with E-state index in [2.05, 4.69) is 26.1 Å². The summed E-state index contributed by atoms with van der Waals surface area (Å²) in [5.74, 6) is 1.97. The summed E-state index contributed by atoms with van der Waals surface area (Å²) in [6, 6.07) is 12.8. The lowest BCUT2D eigenvalue weighted by Crippen LogP contribution is -2.40. The zero-order chi connectivity index (χ0) is 19.2. The van der Waals surface area contributed by atoms with Crippen molar-refractivity contribution in [3.05, 3.63) is 52.5 Å². The highest BCUT2D eigenvalue weighted by atomic mass is 79.9. The average molecular weight is 435 g/mol. The molecule has 1 aliphatic heterocycles. The first-order valence-corrected chi connectivity index (χ1v) is 9.56. The number of nitrogens with zero attached hydrogens (tertiary/aromatic N) is 1. The molecule has 144 valence electrons. The molecule has 1 amide bonds. The van der Waals surface area contributed by atoms with Crippen LogP contribution < -0.4 is 19.5 Å². The summed E-state index contributed by atoms with van der Waals surface area (Å²) in [4.78, 5) is 14.4. The number of hydrogen-bond donors (Lipinski definition) is 1. The molecular weight excluding hydrogens is 412 g/mol. The Hall–Kier alpha value is -2.25. The molecule has 1 unspecified atom stereocenters. The molecule has 1 atom stereocenters. The molecule has 2 aromatic carbocycles. The Labute approximate surface area is 167 Å². The summed E-state index contributed by atoms with van der Waals surface area (Å²) < 4.78 is 18.1. The van der Waals surface area contributed by atoms with Crippen molar-refractivity contribution in [2.75, 3.05) is 40.4 Å². The minimum absolute atomic E-state index is 0.156. The van der Waals surface area contributed by atoms with Gasteiger partial charge in [0.15, 0.2) is 17.6 Å². The second-order valence-electron chi connectivity index (χ2n) is 6.50. The molecule has 2 aromatic rings. The average Bonchev–Trinajstić information content (AvgIpc) is 2.67. The fourth-order valence-electron chi connectivity index (χ4n) is 2.56. The van der Waals surface area contributed by atoms with E-state index < -0.39 is 0 Å². The minimum Gasteiger partial charge on any atom is -0.492 e.